The number of primary amides is 3. The van der Waals surface area contributed by atoms with E-state index in [0.717, 1.165) is 9.80 Å². The molecule has 46 nitrogen and oxygen atoms in total. The Bertz CT molecular complexity index is 3700. The average molecular weight is 1620 g/mol. The molecule has 0 saturated carbocycles. The number of hydrogen-bond donors (Lipinski definition) is 22. The lowest BCUT2D eigenvalue weighted by Gasteiger charge is -2.30. The third-order valence-electron chi connectivity index (χ3n) is 17.5. The van der Waals surface area contributed by atoms with Crippen molar-refractivity contribution in [1.82, 2.24) is 73.6 Å². The van der Waals surface area contributed by atoms with Crippen LogP contribution in [0.5, 0.6) is 0 Å². The van der Waals surface area contributed by atoms with Crippen molar-refractivity contribution >= 4 is 130 Å². The molecule has 2 saturated heterocycles. The Kier molecular flexibility index (Phi) is 40.5. The molecule has 12 atom stereocenters. The number of carbonyl (C=O) groups excluding carboxylic acids is 17. The predicted octanol–water partition coefficient (Wildman–Crippen LogP) is -9.79. The van der Waals surface area contributed by atoms with Gasteiger partial charge in [0.15, 0.2) is 0 Å². The lowest BCUT2D eigenvalue weighted by molar-refractivity contribution is -0.144. The van der Waals surface area contributed by atoms with Crippen LogP contribution in [0.3, 0.4) is 0 Å². The minimum atomic E-state index is -1.96. The van der Waals surface area contributed by atoms with E-state index in [1.54, 1.807) is 44.2 Å². The van der Waals surface area contributed by atoms with Crippen LogP contribution in [0, 0.1) is 5.92 Å². The molecule has 114 heavy (non-hydrogen) atoms. The van der Waals surface area contributed by atoms with Crippen LogP contribution >= 0.6 is 0 Å². The third kappa shape index (κ3) is 34.8. The molecule has 630 valence electrons. The summed E-state index contributed by atoms with van der Waals surface area (Å²) >= 11 is 0. The average Bonchev–Trinajstić information content (AvgIpc) is 1.66. The minimum absolute atomic E-state index is 0.0108. The largest absolute Gasteiger partial charge is 0.481 e. The first-order valence-corrected chi connectivity index (χ1v) is 36.2. The number of carbonyl (C=O) groups is 22. The van der Waals surface area contributed by atoms with E-state index in [1.165, 1.54) is 0 Å². The fourth-order valence-corrected chi connectivity index (χ4v) is 11.9. The normalized spacial score (nSPS) is 16.2. The van der Waals surface area contributed by atoms with Gasteiger partial charge in [0.1, 0.15) is 66.5 Å². The summed E-state index contributed by atoms with van der Waals surface area (Å²) in [6, 6.07) is -12.0. The van der Waals surface area contributed by atoms with Crippen molar-refractivity contribution in [2.75, 3.05) is 39.3 Å². The first-order valence-electron chi connectivity index (χ1n) is 36.2. The number of carboxylic acids is 5. The number of aliphatic carboxylic acids is 5. The van der Waals surface area contributed by atoms with Crippen molar-refractivity contribution in [2.45, 2.75) is 208 Å². The van der Waals surface area contributed by atoms with Gasteiger partial charge in [-0.05, 0) is 88.7 Å². The molecule has 27 N–H and O–H groups in total. The maximum absolute atomic E-state index is 14.4. The summed E-state index contributed by atoms with van der Waals surface area (Å²) in [6.07, 6.45) is -7.60. The van der Waals surface area contributed by atoms with Gasteiger partial charge in [-0.25, -0.2) is 4.79 Å². The van der Waals surface area contributed by atoms with Crippen LogP contribution in [0.25, 0.3) is 0 Å². The Hall–Kier alpha value is -12.5. The van der Waals surface area contributed by atoms with Gasteiger partial charge in [0.25, 0.3) is 0 Å². The summed E-state index contributed by atoms with van der Waals surface area (Å²) in [5.41, 5.74) is 28.0. The van der Waals surface area contributed by atoms with Crippen molar-refractivity contribution in [3.8, 4) is 0 Å². The Morgan fingerprint density at radius 2 is 0.781 bits per heavy atom. The van der Waals surface area contributed by atoms with E-state index in [-0.39, 0.29) is 83.3 Å². The highest BCUT2D eigenvalue weighted by atomic mass is 16.4. The molecule has 0 spiro atoms. The molecule has 1 aromatic carbocycles. The first-order chi connectivity index (χ1) is 53.6. The van der Waals surface area contributed by atoms with Crippen molar-refractivity contribution < 1.29 is 131 Å². The summed E-state index contributed by atoms with van der Waals surface area (Å²) < 4.78 is 0. The molecule has 0 unspecified atom stereocenters. The van der Waals surface area contributed by atoms with E-state index >= 15 is 0 Å². The lowest BCUT2D eigenvalue weighted by atomic mass is 10.0. The Morgan fingerprint density at radius 1 is 0.412 bits per heavy atom. The van der Waals surface area contributed by atoms with Gasteiger partial charge in [-0.1, -0.05) is 44.2 Å². The number of likely N-dealkylation sites (tertiary alicyclic amines) is 2. The van der Waals surface area contributed by atoms with Crippen LogP contribution in [-0.2, 0) is 112 Å². The second-order valence-corrected chi connectivity index (χ2v) is 27.2. The summed E-state index contributed by atoms with van der Waals surface area (Å²) in [5, 5.41) is 74.8. The number of benzene rings is 1. The fourth-order valence-electron chi connectivity index (χ4n) is 11.9. The zero-order valence-electron chi connectivity index (χ0n) is 62.6. The molecular weight excluding hydrogens is 1510 g/mol. The predicted molar refractivity (Wildman–Crippen MR) is 388 cm³/mol. The molecule has 46 heteroatoms. The summed E-state index contributed by atoms with van der Waals surface area (Å²) in [6.45, 7) is 0.239. The molecule has 0 bridgehead atoms. The number of nitrogens with one attached hydrogen (secondary N) is 12. The minimum Gasteiger partial charge on any atom is -0.481 e. The molecule has 0 radical (unpaired) electrons. The van der Waals surface area contributed by atoms with Crippen LogP contribution in [0.2, 0.25) is 0 Å². The lowest BCUT2D eigenvalue weighted by Crippen LogP contribution is -2.59. The molecule has 3 rings (SSSR count). The second kappa shape index (κ2) is 48.3. The maximum atomic E-state index is 14.4. The molecule has 17 amide bonds. The molecule has 2 heterocycles. The quantitative estimate of drug-likeness (QED) is 0.0269. The molecular formula is C68H101N19O27. The van der Waals surface area contributed by atoms with Crippen molar-refractivity contribution in [3.63, 3.8) is 0 Å². The molecule has 0 aromatic heterocycles. The SMILES string of the molecule is CC(C)C[C@H](NC(=O)[C@H](CC(=O)O)NC(=O)[C@H](Cc1ccccc1)NC(=O)CNC(=O)[C@H](CC(N)=O)NC(=O)[C@@H]1CCCN1C(=O)[C@H](CC(N)=O)NC(=O)[C@H](CCC(=O)O)NC(=O)CNC(=O)[C@H](CCCCN)NC(=O)CNC(=O)[C@H](CCC(=O)O)NC(=O)[C@H](CCC(=O)O)NC(=O)[C@@H]1CCCN1C(=O)[C@@H](N)CC(N)=O)C(=O)O. The number of hydrogen-bond acceptors (Lipinski definition) is 24. The van der Waals surface area contributed by atoms with Gasteiger partial charge in [-0.15, -0.1) is 0 Å². The van der Waals surface area contributed by atoms with Crippen molar-refractivity contribution in [2.24, 2.45) is 34.6 Å². The van der Waals surface area contributed by atoms with Crippen molar-refractivity contribution in [1.29, 1.82) is 0 Å². The number of nitrogens with zero attached hydrogens (tertiary/aromatic N) is 2. The van der Waals surface area contributed by atoms with Gasteiger partial charge in [0.05, 0.1) is 51.4 Å². The zero-order chi connectivity index (χ0) is 85.6. The van der Waals surface area contributed by atoms with Crippen LogP contribution < -0.4 is 92.5 Å². The van der Waals surface area contributed by atoms with Gasteiger partial charge in [-0.2, -0.15) is 0 Å². The Balaban J connectivity index is 1.75. The maximum Gasteiger partial charge on any atom is 0.326 e. The van der Waals surface area contributed by atoms with E-state index in [1.807, 2.05) is 0 Å². The van der Waals surface area contributed by atoms with E-state index < -0.39 is 287 Å². The highest BCUT2D eigenvalue weighted by molar-refractivity contribution is 6.02. The number of unbranched alkanes of at least 4 members (excludes halogenated alkanes) is 1. The molecule has 0 aliphatic carbocycles. The third-order valence-corrected chi connectivity index (χ3v) is 17.5. The Labute approximate surface area is 650 Å². The highest BCUT2D eigenvalue weighted by Crippen LogP contribution is 2.22. The van der Waals surface area contributed by atoms with Crippen LogP contribution in [-0.4, -0.2) is 277 Å². The summed E-state index contributed by atoms with van der Waals surface area (Å²) in [4.78, 5) is 288. The second-order valence-electron chi connectivity index (χ2n) is 27.2. The smallest absolute Gasteiger partial charge is 0.326 e. The summed E-state index contributed by atoms with van der Waals surface area (Å²) in [7, 11) is 0. The number of amides is 17. The van der Waals surface area contributed by atoms with Crippen LogP contribution in [0.4, 0.5) is 0 Å². The van der Waals surface area contributed by atoms with Gasteiger partial charge in [0.2, 0.25) is 100 Å². The van der Waals surface area contributed by atoms with E-state index in [4.69, 9.17) is 28.7 Å². The van der Waals surface area contributed by atoms with Gasteiger partial charge in [0, 0.05) is 38.8 Å². The van der Waals surface area contributed by atoms with E-state index in [2.05, 4.69) is 63.8 Å². The standard InChI is InChI=1S/C68H101N19O27/c1-33(2)24-44(68(113)114)85-63(108)42(29-56(100)101)82-62(107)40(25-34-10-4-3-5-11-34)79-52(93)32-76-59(104)41(27-48(72)89)83-65(110)46-14-9-23-87(46)67(112)43(28-49(73)90)84-60(105)38(16-19-54(96)97)78-51(92)31-74-57(102)36(12-6-7-21-69)77-50(91)30-75-58(103)37(15-18-53(94)95)80-61(106)39(17-20-55(98)99)81-64(109)45-13-8-22-86(45)66(111)35(70)26-47(71)88/h3-5,10-11,33,35-46H,6-9,12-32,69-70H2,1-2H3,(H2,71,88)(H2,72,89)(H2,73,90)(H,74,102)(H,75,103)(H,76,104)(H,77,91)(H,78,92)(H,79,93)(H,80,106)(H,81,109)(H,82,107)(H,83,110)(H,84,105)(H,85,108)(H,94,95)(H,96,97)(H,98,99)(H,100,101)(H,113,114)/t35-,36-,37-,38-,39-,40-,41-,42-,43-,44-,45-,46-/m0/s1. The van der Waals surface area contributed by atoms with Crippen molar-refractivity contribution in [3.05, 3.63) is 35.9 Å². The van der Waals surface area contributed by atoms with E-state index in [9.17, 15) is 131 Å². The van der Waals surface area contributed by atoms with Gasteiger partial charge < -0.3 is 128 Å². The topological polar surface area (TPSA) is 758 Å². The van der Waals surface area contributed by atoms with Gasteiger partial charge >= 0.3 is 29.8 Å². The number of nitrogens with two attached hydrogens (primary N) is 5. The molecule has 1 aromatic rings. The molecule has 2 fully saturated rings. The van der Waals surface area contributed by atoms with Gasteiger partial charge in [-0.3, -0.25) is 101 Å². The first kappa shape index (κ1) is 95.7. The number of carboxylic acid groups (broad SMARTS) is 5. The summed E-state index contributed by atoms with van der Waals surface area (Å²) in [5.74, 6) is -26.6. The number of rotatable bonds is 52. The molecule has 2 aliphatic heterocycles. The zero-order valence-corrected chi connectivity index (χ0v) is 62.6. The van der Waals surface area contributed by atoms with Crippen LogP contribution in [0.1, 0.15) is 135 Å². The molecule has 2 aliphatic rings. The Morgan fingerprint density at radius 3 is 1.22 bits per heavy atom. The van der Waals surface area contributed by atoms with E-state index in [0.29, 0.717) is 5.56 Å². The highest BCUT2D eigenvalue weighted by Gasteiger charge is 2.43. The van der Waals surface area contributed by atoms with Crippen LogP contribution in [0.15, 0.2) is 30.3 Å². The fraction of sp³-hybridized carbons (Fsp3) is 0.588. The monoisotopic (exact) mass is 1620 g/mol.